The molecule has 1 aliphatic heterocycles. The molecular formula is C15H19N3O2. The van der Waals surface area contributed by atoms with Gasteiger partial charge in [-0.05, 0) is 30.4 Å². The summed E-state index contributed by atoms with van der Waals surface area (Å²) in [5.74, 6) is -0.206. The molecule has 5 heteroatoms. The molecule has 1 aromatic rings. The van der Waals surface area contributed by atoms with Gasteiger partial charge in [-0.15, -0.1) is 0 Å². The Kier molecular flexibility index (Phi) is 3.69. The van der Waals surface area contributed by atoms with Crippen LogP contribution in [0.25, 0.3) is 0 Å². The second-order valence-electron chi connectivity index (χ2n) is 5.47. The van der Waals surface area contributed by atoms with Crippen LogP contribution in [0.4, 0.5) is 0 Å². The summed E-state index contributed by atoms with van der Waals surface area (Å²) in [6.07, 6.45) is 2.79. The van der Waals surface area contributed by atoms with Crippen LogP contribution in [0.5, 0.6) is 0 Å². The van der Waals surface area contributed by atoms with Crippen molar-refractivity contribution in [3.63, 3.8) is 0 Å². The normalized spacial score (nSPS) is 20.9. The quantitative estimate of drug-likeness (QED) is 0.728. The van der Waals surface area contributed by atoms with Crippen molar-refractivity contribution in [1.82, 2.24) is 16.0 Å². The zero-order chi connectivity index (χ0) is 13.9. The molecule has 1 heterocycles. The van der Waals surface area contributed by atoms with Gasteiger partial charge in [-0.2, -0.15) is 0 Å². The molecule has 1 saturated carbocycles. The number of fused-ring (bicyclic) bond motifs is 1. The van der Waals surface area contributed by atoms with E-state index in [1.165, 1.54) is 11.1 Å². The van der Waals surface area contributed by atoms with Crippen LogP contribution in [0.15, 0.2) is 24.3 Å². The highest BCUT2D eigenvalue weighted by Gasteiger charge is 2.26. The SMILES string of the molecule is O=C(CNC(=O)[C@H]1Cc2ccccc2CN1)NC1CC1. The molecule has 2 amide bonds. The molecule has 5 nitrogen and oxygen atoms in total. The number of carbonyl (C=O) groups excluding carboxylic acids is 2. The lowest BCUT2D eigenvalue weighted by Crippen LogP contribution is -2.49. The van der Waals surface area contributed by atoms with E-state index in [0.29, 0.717) is 19.0 Å². The van der Waals surface area contributed by atoms with E-state index < -0.39 is 0 Å². The zero-order valence-electron chi connectivity index (χ0n) is 11.3. The molecule has 20 heavy (non-hydrogen) atoms. The van der Waals surface area contributed by atoms with Gasteiger partial charge in [0.25, 0.3) is 0 Å². The molecule has 0 unspecified atom stereocenters. The highest BCUT2D eigenvalue weighted by atomic mass is 16.2. The second-order valence-corrected chi connectivity index (χ2v) is 5.47. The van der Waals surface area contributed by atoms with Crippen molar-refractivity contribution in [3.05, 3.63) is 35.4 Å². The largest absolute Gasteiger partial charge is 0.352 e. The van der Waals surface area contributed by atoms with Gasteiger partial charge >= 0.3 is 0 Å². The van der Waals surface area contributed by atoms with Crippen molar-refractivity contribution in [1.29, 1.82) is 0 Å². The molecule has 0 saturated heterocycles. The summed E-state index contributed by atoms with van der Waals surface area (Å²) in [6, 6.07) is 8.19. The summed E-state index contributed by atoms with van der Waals surface area (Å²) in [5, 5.41) is 8.76. The summed E-state index contributed by atoms with van der Waals surface area (Å²) in [6.45, 7) is 0.762. The van der Waals surface area contributed by atoms with Crippen molar-refractivity contribution in [2.45, 2.75) is 37.9 Å². The van der Waals surface area contributed by atoms with Crippen LogP contribution in [-0.2, 0) is 22.6 Å². The fraction of sp³-hybridized carbons (Fsp3) is 0.467. The number of carbonyl (C=O) groups is 2. The molecular weight excluding hydrogens is 254 g/mol. The first-order chi connectivity index (χ1) is 9.72. The second kappa shape index (κ2) is 5.63. The van der Waals surface area contributed by atoms with E-state index in [4.69, 9.17) is 0 Å². The fourth-order valence-corrected chi connectivity index (χ4v) is 2.44. The summed E-state index contributed by atoms with van der Waals surface area (Å²) in [5.41, 5.74) is 2.44. The predicted octanol–water partition coefficient (Wildman–Crippen LogP) is 0.0957. The molecule has 0 aromatic heterocycles. The van der Waals surface area contributed by atoms with Crippen LogP contribution in [0.1, 0.15) is 24.0 Å². The Morgan fingerprint density at radius 3 is 2.70 bits per heavy atom. The molecule has 2 aliphatic rings. The molecule has 1 aliphatic carbocycles. The van der Waals surface area contributed by atoms with Crippen molar-refractivity contribution in [3.8, 4) is 0 Å². The van der Waals surface area contributed by atoms with Crippen LogP contribution in [0.2, 0.25) is 0 Å². The van der Waals surface area contributed by atoms with Gasteiger partial charge in [0.2, 0.25) is 11.8 Å². The highest BCUT2D eigenvalue weighted by molar-refractivity contribution is 5.88. The molecule has 106 valence electrons. The third kappa shape index (κ3) is 3.17. The van der Waals surface area contributed by atoms with Gasteiger partial charge < -0.3 is 16.0 Å². The van der Waals surface area contributed by atoms with Crippen LogP contribution in [-0.4, -0.2) is 30.4 Å². The Hall–Kier alpha value is -1.88. The average Bonchev–Trinajstić information content (AvgIpc) is 3.28. The van der Waals surface area contributed by atoms with Crippen LogP contribution >= 0.6 is 0 Å². The molecule has 0 spiro atoms. The molecule has 3 rings (SSSR count). The molecule has 0 bridgehead atoms. The Bertz CT molecular complexity index is 526. The maximum absolute atomic E-state index is 12.1. The fourth-order valence-electron chi connectivity index (χ4n) is 2.44. The van der Waals surface area contributed by atoms with Gasteiger partial charge in [0.1, 0.15) is 0 Å². The molecule has 1 atom stereocenters. The number of hydrogen-bond donors (Lipinski definition) is 3. The van der Waals surface area contributed by atoms with E-state index >= 15 is 0 Å². The van der Waals surface area contributed by atoms with Crippen LogP contribution < -0.4 is 16.0 Å². The standard InChI is InChI=1S/C15H19N3O2/c19-14(18-12-5-6-12)9-17-15(20)13-7-10-3-1-2-4-11(10)8-16-13/h1-4,12-13,16H,5-9H2,(H,17,20)(H,18,19)/t13-/m1/s1. The smallest absolute Gasteiger partial charge is 0.239 e. The van der Waals surface area contributed by atoms with Crippen LogP contribution in [0.3, 0.4) is 0 Å². The summed E-state index contributed by atoms with van der Waals surface area (Å²) >= 11 is 0. The molecule has 3 N–H and O–H groups in total. The molecule has 0 radical (unpaired) electrons. The number of hydrogen-bond acceptors (Lipinski definition) is 3. The van der Waals surface area contributed by atoms with E-state index in [9.17, 15) is 9.59 Å². The average molecular weight is 273 g/mol. The third-order valence-electron chi connectivity index (χ3n) is 3.76. The summed E-state index contributed by atoms with van der Waals surface area (Å²) in [7, 11) is 0. The molecule has 1 fully saturated rings. The van der Waals surface area contributed by atoms with E-state index in [2.05, 4.69) is 28.1 Å². The first-order valence-corrected chi connectivity index (χ1v) is 7.09. The summed E-state index contributed by atoms with van der Waals surface area (Å²) < 4.78 is 0. The topological polar surface area (TPSA) is 70.2 Å². The van der Waals surface area contributed by atoms with Gasteiger partial charge in [-0.3, -0.25) is 9.59 Å². The minimum Gasteiger partial charge on any atom is -0.352 e. The lowest BCUT2D eigenvalue weighted by atomic mass is 9.95. The van der Waals surface area contributed by atoms with Gasteiger partial charge in [0, 0.05) is 12.6 Å². The Labute approximate surface area is 118 Å². The Morgan fingerprint density at radius 2 is 1.95 bits per heavy atom. The minimum atomic E-state index is -0.251. The molecule has 1 aromatic carbocycles. The number of benzene rings is 1. The lowest BCUT2D eigenvalue weighted by molar-refractivity contribution is -0.127. The Morgan fingerprint density at radius 1 is 1.20 bits per heavy atom. The Balaban J connectivity index is 1.49. The van der Waals surface area contributed by atoms with Gasteiger partial charge in [0.15, 0.2) is 0 Å². The van der Waals surface area contributed by atoms with Crippen LogP contribution in [0, 0.1) is 0 Å². The van der Waals surface area contributed by atoms with Crippen molar-refractivity contribution in [2.75, 3.05) is 6.54 Å². The van der Waals surface area contributed by atoms with Crippen molar-refractivity contribution >= 4 is 11.8 Å². The number of rotatable bonds is 4. The highest BCUT2D eigenvalue weighted by Crippen LogP contribution is 2.18. The van der Waals surface area contributed by atoms with E-state index in [1.807, 2.05) is 12.1 Å². The van der Waals surface area contributed by atoms with Crippen molar-refractivity contribution in [2.24, 2.45) is 0 Å². The first kappa shape index (κ1) is 13.1. The third-order valence-corrected chi connectivity index (χ3v) is 3.76. The zero-order valence-corrected chi connectivity index (χ0v) is 11.3. The summed E-state index contributed by atoms with van der Waals surface area (Å²) in [4.78, 5) is 23.6. The van der Waals surface area contributed by atoms with Gasteiger partial charge in [0.05, 0.1) is 12.6 Å². The van der Waals surface area contributed by atoms with E-state index in [-0.39, 0.29) is 24.4 Å². The maximum atomic E-state index is 12.1. The minimum absolute atomic E-state index is 0.0646. The van der Waals surface area contributed by atoms with E-state index in [1.54, 1.807) is 0 Å². The number of nitrogens with one attached hydrogen (secondary N) is 3. The first-order valence-electron chi connectivity index (χ1n) is 7.09. The maximum Gasteiger partial charge on any atom is 0.239 e. The van der Waals surface area contributed by atoms with Crippen molar-refractivity contribution < 1.29 is 9.59 Å². The van der Waals surface area contributed by atoms with Gasteiger partial charge in [-0.1, -0.05) is 24.3 Å². The van der Waals surface area contributed by atoms with Gasteiger partial charge in [-0.25, -0.2) is 0 Å². The van der Waals surface area contributed by atoms with E-state index in [0.717, 1.165) is 12.8 Å². The predicted molar refractivity (Wildman–Crippen MR) is 74.9 cm³/mol. The number of amides is 2. The lowest BCUT2D eigenvalue weighted by Gasteiger charge is -2.25. The monoisotopic (exact) mass is 273 g/mol.